The highest BCUT2D eigenvalue weighted by atomic mass is 16.5. The van der Waals surface area contributed by atoms with Crippen LogP contribution >= 0.6 is 0 Å². The number of benzene rings is 1. The van der Waals surface area contributed by atoms with Crippen molar-refractivity contribution in [3.63, 3.8) is 0 Å². The number of nitrogens with two attached hydrogens (primary N) is 1. The van der Waals surface area contributed by atoms with Crippen molar-refractivity contribution in [1.82, 2.24) is 24.7 Å². The van der Waals surface area contributed by atoms with E-state index in [2.05, 4.69) is 30.4 Å². The van der Waals surface area contributed by atoms with E-state index in [1.165, 1.54) is 17.1 Å². The number of hydrogen-bond acceptors (Lipinski definition) is 11. The number of allylic oxidation sites excluding steroid dienone is 2. The molecule has 4 aromatic rings. The molecule has 0 saturated heterocycles. The lowest BCUT2D eigenvalue weighted by atomic mass is 10.1. The molecule has 1 aromatic carbocycles. The SMILES string of the molecule is CCOc1cn(-c2ncc(N)nc2C)nc1C(=O)Nc1ccc(OC2=CC=Nc3cc(OC)c(OC)cc3C2)cn1. The third-order valence-corrected chi connectivity index (χ3v) is 6.00. The molecule has 3 N–H and O–H groups in total. The number of nitrogens with zero attached hydrogens (tertiary/aromatic N) is 6. The first-order valence-corrected chi connectivity index (χ1v) is 12.6. The molecule has 13 heteroatoms. The van der Waals surface area contributed by atoms with Crippen molar-refractivity contribution in [3.05, 3.63) is 71.6 Å². The fourth-order valence-corrected chi connectivity index (χ4v) is 4.13. The summed E-state index contributed by atoms with van der Waals surface area (Å²) in [5, 5.41) is 7.12. The van der Waals surface area contributed by atoms with Gasteiger partial charge in [0.15, 0.2) is 28.8 Å². The highest BCUT2D eigenvalue weighted by Gasteiger charge is 2.21. The number of hydrogen-bond donors (Lipinski definition) is 2. The van der Waals surface area contributed by atoms with Crippen molar-refractivity contribution in [1.29, 1.82) is 0 Å². The van der Waals surface area contributed by atoms with E-state index < -0.39 is 5.91 Å². The van der Waals surface area contributed by atoms with Crippen LogP contribution in [0.15, 0.2) is 59.7 Å². The van der Waals surface area contributed by atoms with Gasteiger partial charge in [-0.3, -0.25) is 9.79 Å². The van der Waals surface area contributed by atoms with Crippen LogP contribution in [0.5, 0.6) is 23.0 Å². The first-order chi connectivity index (χ1) is 19.9. The van der Waals surface area contributed by atoms with Crippen molar-refractivity contribution in [2.45, 2.75) is 20.3 Å². The van der Waals surface area contributed by atoms with E-state index in [0.29, 0.717) is 59.1 Å². The molecule has 3 aromatic heterocycles. The monoisotopic (exact) mass is 556 g/mol. The molecule has 1 amide bonds. The van der Waals surface area contributed by atoms with Crippen LogP contribution < -0.4 is 30.0 Å². The molecule has 13 nitrogen and oxygen atoms in total. The molecular formula is C28H28N8O5. The summed E-state index contributed by atoms with van der Waals surface area (Å²) in [6.45, 7) is 3.90. The molecule has 0 radical (unpaired) electrons. The summed E-state index contributed by atoms with van der Waals surface area (Å²) in [7, 11) is 3.17. The smallest absolute Gasteiger partial charge is 0.281 e. The Morgan fingerprint density at radius 2 is 1.90 bits per heavy atom. The lowest BCUT2D eigenvalue weighted by molar-refractivity contribution is 0.101. The average molecular weight is 557 g/mol. The van der Waals surface area contributed by atoms with Gasteiger partial charge in [0.25, 0.3) is 5.91 Å². The van der Waals surface area contributed by atoms with Crippen LogP contribution in [0.4, 0.5) is 17.3 Å². The van der Waals surface area contributed by atoms with E-state index in [0.717, 1.165) is 11.3 Å². The predicted molar refractivity (Wildman–Crippen MR) is 152 cm³/mol. The zero-order valence-corrected chi connectivity index (χ0v) is 22.9. The van der Waals surface area contributed by atoms with Gasteiger partial charge in [-0.15, -0.1) is 0 Å². The van der Waals surface area contributed by atoms with Crippen LogP contribution in [-0.2, 0) is 6.42 Å². The molecular weight excluding hydrogens is 528 g/mol. The number of methoxy groups -OCH3 is 2. The zero-order valence-electron chi connectivity index (χ0n) is 22.9. The van der Waals surface area contributed by atoms with Gasteiger partial charge in [0.05, 0.1) is 50.8 Å². The number of fused-ring (bicyclic) bond motifs is 1. The number of carbonyl (C=O) groups excluding carboxylic acids is 1. The lowest BCUT2D eigenvalue weighted by Gasteiger charge is -2.13. The Morgan fingerprint density at radius 3 is 2.61 bits per heavy atom. The molecule has 0 fully saturated rings. The third-order valence-electron chi connectivity index (χ3n) is 6.00. The minimum Gasteiger partial charge on any atom is -0.493 e. The summed E-state index contributed by atoms with van der Waals surface area (Å²) in [4.78, 5) is 30.4. The van der Waals surface area contributed by atoms with Gasteiger partial charge in [-0.25, -0.2) is 19.6 Å². The van der Waals surface area contributed by atoms with Crippen molar-refractivity contribution in [2.75, 3.05) is 31.9 Å². The Bertz CT molecular complexity index is 1650. The third kappa shape index (κ3) is 5.93. The standard InChI is InChI=1S/C28H28N8O5/c1-5-40-23-15-36(27-16(2)33-24(29)14-32-27)35-26(23)28(37)34-25-7-6-19(13-31-25)41-18-8-9-30-20-12-22(39-4)21(38-3)11-17(20)10-18/h6-9,11-15H,5,10H2,1-4H3,(H2,29,33)(H,31,34,37). The second-order valence-electron chi connectivity index (χ2n) is 8.78. The predicted octanol–water partition coefficient (Wildman–Crippen LogP) is 3.84. The number of carbonyl (C=O) groups is 1. The molecule has 0 bridgehead atoms. The lowest BCUT2D eigenvalue weighted by Crippen LogP contribution is -2.15. The summed E-state index contributed by atoms with van der Waals surface area (Å²) in [6, 6.07) is 7.04. The number of anilines is 2. The number of aryl methyl sites for hydroxylation is 1. The Hall–Kier alpha value is -5.46. The quantitative estimate of drug-likeness (QED) is 0.310. The van der Waals surface area contributed by atoms with Crippen molar-refractivity contribution in [2.24, 2.45) is 4.99 Å². The molecule has 0 aliphatic carbocycles. The highest BCUT2D eigenvalue weighted by Crippen LogP contribution is 2.37. The van der Waals surface area contributed by atoms with Crippen LogP contribution in [0.2, 0.25) is 0 Å². The second kappa shape index (κ2) is 11.7. The van der Waals surface area contributed by atoms with Crippen LogP contribution in [0, 0.1) is 6.92 Å². The van der Waals surface area contributed by atoms with E-state index in [4.69, 9.17) is 24.7 Å². The maximum Gasteiger partial charge on any atom is 0.281 e. The zero-order chi connectivity index (χ0) is 28.9. The fourth-order valence-electron chi connectivity index (χ4n) is 4.13. The number of nitrogen functional groups attached to an aromatic ring is 1. The Balaban J connectivity index is 1.29. The molecule has 0 saturated carbocycles. The van der Waals surface area contributed by atoms with Gasteiger partial charge in [0, 0.05) is 18.7 Å². The molecule has 4 heterocycles. The van der Waals surface area contributed by atoms with Crippen molar-refractivity contribution in [3.8, 4) is 28.8 Å². The fraction of sp³-hybridized carbons (Fsp3) is 0.214. The topological polar surface area (TPSA) is 161 Å². The molecule has 5 rings (SSSR count). The van der Waals surface area contributed by atoms with Crippen LogP contribution in [0.3, 0.4) is 0 Å². The first kappa shape index (κ1) is 27.1. The van der Waals surface area contributed by atoms with Gasteiger partial charge in [-0.2, -0.15) is 5.10 Å². The number of nitrogens with one attached hydrogen (secondary N) is 1. The highest BCUT2D eigenvalue weighted by molar-refractivity contribution is 6.04. The number of ether oxygens (including phenoxy) is 4. The summed E-state index contributed by atoms with van der Waals surface area (Å²) >= 11 is 0. The van der Waals surface area contributed by atoms with E-state index in [1.807, 2.05) is 19.1 Å². The van der Waals surface area contributed by atoms with E-state index >= 15 is 0 Å². The van der Waals surface area contributed by atoms with E-state index in [9.17, 15) is 4.79 Å². The largest absolute Gasteiger partial charge is 0.493 e. The van der Waals surface area contributed by atoms with Gasteiger partial charge in [-0.05, 0) is 43.7 Å². The van der Waals surface area contributed by atoms with Gasteiger partial charge >= 0.3 is 0 Å². The summed E-state index contributed by atoms with van der Waals surface area (Å²) in [5.41, 5.74) is 8.01. The number of aliphatic imine (C=N–C) groups is 1. The minimum atomic E-state index is -0.502. The number of amides is 1. The van der Waals surface area contributed by atoms with Gasteiger partial charge in [0.1, 0.15) is 23.1 Å². The maximum atomic E-state index is 13.1. The summed E-state index contributed by atoms with van der Waals surface area (Å²) < 4.78 is 23.9. The Kier molecular flexibility index (Phi) is 7.76. The summed E-state index contributed by atoms with van der Waals surface area (Å²) in [6.07, 6.45) is 8.44. The molecule has 0 atom stereocenters. The normalized spacial score (nSPS) is 12.1. The van der Waals surface area contributed by atoms with Crippen LogP contribution in [0.1, 0.15) is 28.7 Å². The van der Waals surface area contributed by atoms with Gasteiger partial charge < -0.3 is 30.0 Å². The molecule has 41 heavy (non-hydrogen) atoms. The maximum absolute atomic E-state index is 13.1. The second-order valence-corrected chi connectivity index (χ2v) is 8.78. The van der Waals surface area contributed by atoms with Crippen LogP contribution in [0.25, 0.3) is 5.82 Å². The number of aromatic nitrogens is 5. The minimum absolute atomic E-state index is 0.0700. The Morgan fingerprint density at radius 1 is 1.10 bits per heavy atom. The molecule has 0 unspecified atom stereocenters. The van der Waals surface area contributed by atoms with E-state index in [1.54, 1.807) is 51.8 Å². The van der Waals surface area contributed by atoms with Gasteiger partial charge in [-0.1, -0.05) is 0 Å². The Labute approximate surface area is 235 Å². The van der Waals surface area contributed by atoms with Crippen molar-refractivity contribution >= 4 is 29.4 Å². The van der Waals surface area contributed by atoms with Gasteiger partial charge in [0.2, 0.25) is 0 Å². The van der Waals surface area contributed by atoms with E-state index in [-0.39, 0.29) is 11.5 Å². The average Bonchev–Trinajstić information content (AvgIpc) is 3.27. The molecule has 1 aliphatic heterocycles. The molecule has 1 aliphatic rings. The number of rotatable bonds is 9. The number of pyridine rings is 1. The molecule has 210 valence electrons. The summed E-state index contributed by atoms with van der Waals surface area (Å²) in [5.74, 6) is 3.17. The molecule has 0 spiro atoms. The first-order valence-electron chi connectivity index (χ1n) is 12.6. The van der Waals surface area contributed by atoms with Crippen LogP contribution in [-0.4, -0.2) is 57.7 Å². The van der Waals surface area contributed by atoms with Crippen molar-refractivity contribution < 1.29 is 23.7 Å².